The summed E-state index contributed by atoms with van der Waals surface area (Å²) in [6, 6.07) is 1.14. The summed E-state index contributed by atoms with van der Waals surface area (Å²) in [5.74, 6) is -0.469. The fourth-order valence-electron chi connectivity index (χ4n) is 2.04. The smallest absolute Gasteiger partial charge is 0.255 e. The average Bonchev–Trinajstić information content (AvgIpc) is 2.93. The minimum Gasteiger partial charge on any atom is -0.472 e. The maximum Gasteiger partial charge on any atom is 0.255 e. The van der Waals surface area contributed by atoms with Crippen LogP contribution in [-0.2, 0) is 4.79 Å². The van der Waals surface area contributed by atoms with Crippen molar-refractivity contribution in [1.29, 1.82) is 0 Å². The van der Waals surface area contributed by atoms with Crippen molar-refractivity contribution < 1.29 is 14.0 Å². The SMILES string of the molecule is CC(NC(=O)c1ccoc1)C(=O)NC1CCCNC1. The average molecular weight is 265 g/mol. The summed E-state index contributed by atoms with van der Waals surface area (Å²) in [5, 5.41) is 8.80. The molecule has 0 aliphatic carbocycles. The van der Waals surface area contributed by atoms with E-state index in [4.69, 9.17) is 4.42 Å². The Morgan fingerprint density at radius 1 is 1.53 bits per heavy atom. The highest BCUT2D eigenvalue weighted by Crippen LogP contribution is 2.03. The second-order valence-electron chi connectivity index (χ2n) is 4.76. The van der Waals surface area contributed by atoms with E-state index in [1.807, 2.05) is 0 Å². The molecule has 0 spiro atoms. The Morgan fingerprint density at radius 2 is 2.37 bits per heavy atom. The van der Waals surface area contributed by atoms with E-state index >= 15 is 0 Å². The highest BCUT2D eigenvalue weighted by Gasteiger charge is 2.21. The van der Waals surface area contributed by atoms with Crippen molar-refractivity contribution in [3.8, 4) is 0 Å². The summed E-state index contributed by atoms with van der Waals surface area (Å²) >= 11 is 0. The standard InChI is InChI=1S/C13H19N3O3/c1-9(15-13(18)10-4-6-19-8-10)12(17)16-11-3-2-5-14-7-11/h4,6,8-9,11,14H,2-3,5,7H2,1H3,(H,15,18)(H,16,17). The minimum absolute atomic E-state index is 0.148. The highest BCUT2D eigenvalue weighted by molar-refractivity contribution is 5.97. The van der Waals surface area contributed by atoms with Gasteiger partial charge < -0.3 is 20.4 Å². The second kappa shape index (κ2) is 6.38. The van der Waals surface area contributed by atoms with Crippen molar-refractivity contribution in [2.24, 2.45) is 0 Å². The van der Waals surface area contributed by atoms with Gasteiger partial charge in [0, 0.05) is 12.6 Å². The first-order valence-electron chi connectivity index (χ1n) is 6.51. The molecule has 0 bridgehead atoms. The molecule has 19 heavy (non-hydrogen) atoms. The quantitative estimate of drug-likeness (QED) is 0.729. The Bertz CT molecular complexity index is 424. The molecule has 6 nitrogen and oxygen atoms in total. The van der Waals surface area contributed by atoms with Crippen LogP contribution < -0.4 is 16.0 Å². The lowest BCUT2D eigenvalue weighted by Gasteiger charge is -2.25. The van der Waals surface area contributed by atoms with Gasteiger partial charge in [0.05, 0.1) is 11.8 Å². The molecule has 1 fully saturated rings. The molecule has 2 heterocycles. The molecule has 1 aliphatic heterocycles. The van der Waals surface area contributed by atoms with Crippen LogP contribution in [0.3, 0.4) is 0 Å². The molecule has 2 atom stereocenters. The maximum absolute atomic E-state index is 11.9. The van der Waals surface area contributed by atoms with Crippen molar-refractivity contribution in [3.63, 3.8) is 0 Å². The number of rotatable bonds is 4. The van der Waals surface area contributed by atoms with E-state index in [9.17, 15) is 9.59 Å². The van der Waals surface area contributed by atoms with Crippen molar-refractivity contribution in [1.82, 2.24) is 16.0 Å². The number of carbonyl (C=O) groups excluding carboxylic acids is 2. The number of furan rings is 1. The van der Waals surface area contributed by atoms with Crippen LogP contribution in [0.1, 0.15) is 30.1 Å². The van der Waals surface area contributed by atoms with Crippen LogP contribution >= 0.6 is 0 Å². The van der Waals surface area contributed by atoms with Gasteiger partial charge in [-0.15, -0.1) is 0 Å². The van der Waals surface area contributed by atoms with E-state index in [-0.39, 0.29) is 17.9 Å². The van der Waals surface area contributed by atoms with E-state index in [0.717, 1.165) is 25.9 Å². The van der Waals surface area contributed by atoms with Crippen LogP contribution in [0.5, 0.6) is 0 Å². The summed E-state index contributed by atoms with van der Waals surface area (Å²) in [6.45, 7) is 3.46. The Morgan fingerprint density at radius 3 is 3.00 bits per heavy atom. The van der Waals surface area contributed by atoms with Crippen LogP contribution in [0, 0.1) is 0 Å². The molecule has 2 amide bonds. The van der Waals surface area contributed by atoms with Gasteiger partial charge in [0.2, 0.25) is 5.91 Å². The second-order valence-corrected chi connectivity index (χ2v) is 4.76. The molecule has 0 aromatic carbocycles. The van der Waals surface area contributed by atoms with Crippen LogP contribution in [0.4, 0.5) is 0 Å². The Kier molecular flexibility index (Phi) is 4.57. The molecule has 1 saturated heterocycles. The molecule has 3 N–H and O–H groups in total. The summed E-state index contributed by atoms with van der Waals surface area (Å²) in [5.41, 5.74) is 0.416. The normalized spacial score (nSPS) is 20.6. The van der Waals surface area contributed by atoms with Gasteiger partial charge >= 0.3 is 0 Å². The predicted octanol–water partition coefficient (Wildman–Crippen LogP) is 0.266. The number of hydrogen-bond donors (Lipinski definition) is 3. The van der Waals surface area contributed by atoms with Crippen LogP contribution in [0.15, 0.2) is 23.0 Å². The van der Waals surface area contributed by atoms with Crippen molar-refractivity contribution in [2.75, 3.05) is 13.1 Å². The first-order chi connectivity index (χ1) is 9.16. The van der Waals surface area contributed by atoms with E-state index in [0.29, 0.717) is 5.56 Å². The molecule has 2 unspecified atom stereocenters. The fourth-order valence-corrected chi connectivity index (χ4v) is 2.04. The molecule has 1 aliphatic rings. The molecule has 2 rings (SSSR count). The molecule has 1 aromatic heterocycles. The zero-order valence-electron chi connectivity index (χ0n) is 10.9. The van der Waals surface area contributed by atoms with Gasteiger partial charge in [-0.05, 0) is 32.4 Å². The first-order valence-corrected chi connectivity index (χ1v) is 6.51. The third-order valence-corrected chi connectivity index (χ3v) is 3.17. The Hall–Kier alpha value is -1.82. The van der Waals surface area contributed by atoms with Gasteiger partial charge in [-0.3, -0.25) is 9.59 Å². The lowest BCUT2D eigenvalue weighted by atomic mass is 10.1. The summed E-state index contributed by atoms with van der Waals surface area (Å²) < 4.78 is 4.83. The van der Waals surface area contributed by atoms with Gasteiger partial charge in [-0.25, -0.2) is 0 Å². The van der Waals surface area contributed by atoms with Crippen LogP contribution in [0.2, 0.25) is 0 Å². The van der Waals surface area contributed by atoms with E-state index in [1.165, 1.54) is 12.5 Å². The summed E-state index contributed by atoms with van der Waals surface area (Å²) in [4.78, 5) is 23.7. The molecule has 0 radical (unpaired) electrons. The third kappa shape index (κ3) is 3.82. The number of hydrogen-bond acceptors (Lipinski definition) is 4. The van der Waals surface area contributed by atoms with Crippen LogP contribution in [-0.4, -0.2) is 37.0 Å². The van der Waals surface area contributed by atoms with E-state index < -0.39 is 6.04 Å². The zero-order chi connectivity index (χ0) is 13.7. The maximum atomic E-state index is 11.9. The molecular formula is C13H19N3O3. The van der Waals surface area contributed by atoms with Gasteiger partial charge in [-0.1, -0.05) is 0 Å². The van der Waals surface area contributed by atoms with Gasteiger partial charge in [0.15, 0.2) is 0 Å². The molecule has 0 saturated carbocycles. The molecule has 104 valence electrons. The zero-order valence-corrected chi connectivity index (χ0v) is 10.9. The third-order valence-electron chi connectivity index (χ3n) is 3.17. The summed E-state index contributed by atoms with van der Waals surface area (Å²) in [6.07, 6.45) is 4.81. The molecule has 1 aromatic rings. The number of piperidine rings is 1. The van der Waals surface area contributed by atoms with Crippen molar-refractivity contribution in [2.45, 2.75) is 31.8 Å². The number of carbonyl (C=O) groups is 2. The largest absolute Gasteiger partial charge is 0.472 e. The number of nitrogens with one attached hydrogen (secondary N) is 3. The van der Waals surface area contributed by atoms with Crippen molar-refractivity contribution >= 4 is 11.8 Å². The highest BCUT2D eigenvalue weighted by atomic mass is 16.3. The van der Waals surface area contributed by atoms with Crippen LogP contribution in [0.25, 0.3) is 0 Å². The lowest BCUT2D eigenvalue weighted by molar-refractivity contribution is -0.123. The topological polar surface area (TPSA) is 83.4 Å². The Balaban J connectivity index is 1.80. The van der Waals surface area contributed by atoms with E-state index in [1.54, 1.807) is 13.0 Å². The van der Waals surface area contributed by atoms with E-state index in [2.05, 4.69) is 16.0 Å². The molecule has 6 heteroatoms. The summed E-state index contributed by atoms with van der Waals surface area (Å²) in [7, 11) is 0. The predicted molar refractivity (Wildman–Crippen MR) is 69.7 cm³/mol. The first kappa shape index (κ1) is 13.6. The van der Waals surface area contributed by atoms with Gasteiger partial charge in [-0.2, -0.15) is 0 Å². The minimum atomic E-state index is -0.565. The monoisotopic (exact) mass is 265 g/mol. The fraction of sp³-hybridized carbons (Fsp3) is 0.538. The molecular weight excluding hydrogens is 246 g/mol. The number of amides is 2. The van der Waals surface area contributed by atoms with Gasteiger partial charge in [0.1, 0.15) is 12.3 Å². The van der Waals surface area contributed by atoms with Crippen molar-refractivity contribution in [3.05, 3.63) is 24.2 Å². The van der Waals surface area contributed by atoms with Gasteiger partial charge in [0.25, 0.3) is 5.91 Å². The lowest BCUT2D eigenvalue weighted by Crippen LogP contribution is -2.52. The Labute approximate surface area is 111 Å².